The zero-order valence-corrected chi connectivity index (χ0v) is 18.1. The third-order valence-corrected chi connectivity index (χ3v) is 5.18. The lowest BCUT2D eigenvalue weighted by atomic mass is 10.1. The lowest BCUT2D eigenvalue weighted by Gasteiger charge is -2.12. The predicted molar refractivity (Wildman–Crippen MR) is 119 cm³/mol. The van der Waals surface area contributed by atoms with Crippen molar-refractivity contribution in [3.63, 3.8) is 0 Å². The second-order valence-corrected chi connectivity index (χ2v) is 7.65. The van der Waals surface area contributed by atoms with E-state index < -0.39 is 0 Å². The van der Waals surface area contributed by atoms with Crippen LogP contribution in [-0.4, -0.2) is 31.9 Å². The van der Waals surface area contributed by atoms with E-state index in [1.54, 1.807) is 31.4 Å². The Hall–Kier alpha value is -2.89. The highest BCUT2D eigenvalue weighted by atomic mass is 79.9. The molecule has 2 aromatic rings. The highest BCUT2D eigenvalue weighted by Crippen LogP contribution is 2.38. The van der Waals surface area contributed by atoms with Crippen LogP contribution in [0.4, 0.5) is 5.69 Å². The highest BCUT2D eigenvalue weighted by molar-refractivity contribution is 9.10. The summed E-state index contributed by atoms with van der Waals surface area (Å²) in [5.74, 6) is 3.90. The van der Waals surface area contributed by atoms with E-state index in [2.05, 4.69) is 32.2 Å². The Kier molecular flexibility index (Phi) is 6.86. The molecule has 2 aromatic carbocycles. The average Bonchev–Trinajstić information content (AvgIpc) is 3.06. The number of benzene rings is 2. The van der Waals surface area contributed by atoms with Gasteiger partial charge in [0.15, 0.2) is 16.7 Å². The topological polar surface area (TPSA) is 69.2 Å². The number of hydrogen-bond acceptors (Lipinski definition) is 6. The number of thioether (sulfide) groups is 1. The van der Waals surface area contributed by atoms with Gasteiger partial charge in [0.05, 0.1) is 24.8 Å². The van der Waals surface area contributed by atoms with E-state index in [1.165, 1.54) is 18.9 Å². The van der Waals surface area contributed by atoms with Crippen molar-refractivity contribution in [1.29, 1.82) is 0 Å². The van der Waals surface area contributed by atoms with Crippen LogP contribution in [0.3, 0.4) is 0 Å². The molecule has 0 radical (unpaired) electrons. The van der Waals surface area contributed by atoms with Gasteiger partial charge in [-0.1, -0.05) is 21.9 Å². The summed E-state index contributed by atoms with van der Waals surface area (Å²) >= 11 is 4.68. The molecule has 0 atom stereocenters. The van der Waals surface area contributed by atoms with Crippen LogP contribution >= 0.6 is 27.7 Å². The van der Waals surface area contributed by atoms with Crippen molar-refractivity contribution < 1.29 is 19.0 Å². The van der Waals surface area contributed by atoms with E-state index in [0.717, 1.165) is 10.2 Å². The van der Waals surface area contributed by atoms with Gasteiger partial charge in [-0.3, -0.25) is 4.79 Å². The van der Waals surface area contributed by atoms with Crippen LogP contribution in [0.25, 0.3) is 6.08 Å². The third kappa shape index (κ3) is 5.13. The maximum absolute atomic E-state index is 12.4. The van der Waals surface area contributed by atoms with Crippen LogP contribution in [0.15, 0.2) is 50.8 Å². The molecule has 1 N–H and O–H groups in total. The zero-order valence-electron chi connectivity index (χ0n) is 15.7. The largest absolute Gasteiger partial charge is 0.497 e. The summed E-state index contributed by atoms with van der Waals surface area (Å²) in [7, 11) is 3.14. The molecule has 1 amide bonds. The molecule has 0 unspecified atom stereocenters. The Labute approximate surface area is 181 Å². The minimum Gasteiger partial charge on any atom is -0.497 e. The van der Waals surface area contributed by atoms with Crippen molar-refractivity contribution in [1.82, 2.24) is 5.32 Å². The predicted octanol–water partition coefficient (Wildman–Crippen LogP) is 4.37. The van der Waals surface area contributed by atoms with Crippen LogP contribution in [0, 0.1) is 12.3 Å². The number of carbonyl (C=O) groups excluding carboxylic acids is 1. The zero-order chi connectivity index (χ0) is 20.8. The molecule has 29 heavy (non-hydrogen) atoms. The first kappa shape index (κ1) is 20.8. The summed E-state index contributed by atoms with van der Waals surface area (Å²) in [5.41, 5.74) is 1.37. The van der Waals surface area contributed by atoms with Gasteiger partial charge in [-0.25, -0.2) is 4.99 Å². The van der Waals surface area contributed by atoms with Crippen molar-refractivity contribution in [3.8, 4) is 29.6 Å². The van der Waals surface area contributed by atoms with Crippen LogP contribution in [0.1, 0.15) is 5.56 Å². The molecule has 0 aliphatic carbocycles. The van der Waals surface area contributed by atoms with Crippen molar-refractivity contribution in [2.75, 3.05) is 20.8 Å². The maximum atomic E-state index is 12.4. The Morgan fingerprint density at radius 3 is 2.66 bits per heavy atom. The molecule has 1 aliphatic heterocycles. The standard InChI is InChI=1S/C21H17BrN2O4S/c1-4-9-28-19-13(10-14(22)12-17(19)27-3)11-18-20(25)24-21(29-18)23-15-5-7-16(26-2)8-6-15/h1,5-8,10-12H,9H2,2-3H3,(H,23,24,25)/b18-11-. The fraction of sp³-hybridized carbons (Fsp3) is 0.143. The van der Waals surface area contributed by atoms with Crippen molar-refractivity contribution >= 4 is 50.5 Å². The fourth-order valence-corrected chi connectivity index (χ4v) is 3.80. The maximum Gasteiger partial charge on any atom is 0.264 e. The van der Waals surface area contributed by atoms with E-state index >= 15 is 0 Å². The molecule has 3 rings (SSSR count). The van der Waals surface area contributed by atoms with E-state index in [1.807, 2.05) is 18.2 Å². The summed E-state index contributed by atoms with van der Waals surface area (Å²) in [6, 6.07) is 10.8. The SMILES string of the molecule is C#CCOc1c(/C=C2\SC(=Nc3ccc(OC)cc3)NC2=O)cc(Br)cc1OC. The Morgan fingerprint density at radius 2 is 2.00 bits per heavy atom. The summed E-state index contributed by atoms with van der Waals surface area (Å²) in [5, 5.41) is 3.25. The van der Waals surface area contributed by atoms with Crippen LogP contribution in [-0.2, 0) is 4.79 Å². The average molecular weight is 473 g/mol. The highest BCUT2D eigenvalue weighted by Gasteiger charge is 2.25. The normalized spacial score (nSPS) is 15.9. The van der Waals surface area contributed by atoms with Crippen LogP contribution in [0.2, 0.25) is 0 Å². The number of nitrogens with one attached hydrogen (secondary N) is 1. The molecule has 6 nitrogen and oxygen atoms in total. The molecular formula is C21H17BrN2O4S. The van der Waals surface area contributed by atoms with Crippen molar-refractivity contribution in [2.24, 2.45) is 4.99 Å². The number of nitrogens with zero attached hydrogens (tertiary/aromatic N) is 1. The van der Waals surface area contributed by atoms with Gasteiger partial charge in [0, 0.05) is 10.0 Å². The number of terminal acetylenes is 1. The third-order valence-electron chi connectivity index (χ3n) is 3.81. The number of ether oxygens (including phenoxy) is 3. The molecule has 0 aromatic heterocycles. The number of amides is 1. The lowest BCUT2D eigenvalue weighted by molar-refractivity contribution is -0.115. The molecular weight excluding hydrogens is 456 g/mol. The van der Waals surface area contributed by atoms with Crippen molar-refractivity contribution in [2.45, 2.75) is 0 Å². The van der Waals surface area contributed by atoms with Crippen molar-refractivity contribution in [3.05, 3.63) is 51.3 Å². The molecule has 1 heterocycles. The van der Waals surface area contributed by atoms with E-state index in [9.17, 15) is 4.79 Å². The Balaban J connectivity index is 1.90. The molecule has 8 heteroatoms. The molecule has 1 fully saturated rings. The molecule has 1 saturated heterocycles. The smallest absolute Gasteiger partial charge is 0.264 e. The first-order valence-electron chi connectivity index (χ1n) is 8.41. The van der Waals surface area contributed by atoms with Gasteiger partial charge >= 0.3 is 0 Å². The van der Waals surface area contributed by atoms with Crippen LogP contribution in [0.5, 0.6) is 17.2 Å². The van der Waals surface area contributed by atoms with Gasteiger partial charge in [0.2, 0.25) is 0 Å². The van der Waals surface area contributed by atoms with Gasteiger partial charge in [0.1, 0.15) is 12.4 Å². The number of hydrogen-bond donors (Lipinski definition) is 1. The monoisotopic (exact) mass is 472 g/mol. The Morgan fingerprint density at radius 1 is 1.24 bits per heavy atom. The Bertz CT molecular complexity index is 1030. The number of amidine groups is 1. The quantitative estimate of drug-likeness (QED) is 0.499. The van der Waals surface area contributed by atoms with Crippen LogP contribution < -0.4 is 19.5 Å². The fourth-order valence-electron chi connectivity index (χ4n) is 2.51. The minimum atomic E-state index is -0.246. The number of rotatable bonds is 6. The van der Waals surface area contributed by atoms with Gasteiger partial charge in [-0.15, -0.1) is 6.42 Å². The van der Waals surface area contributed by atoms with E-state index in [4.69, 9.17) is 20.6 Å². The van der Waals surface area contributed by atoms with Gasteiger partial charge in [-0.05, 0) is 54.2 Å². The number of aliphatic imine (C=N–C) groups is 1. The van der Waals surface area contributed by atoms with Gasteiger partial charge in [-0.2, -0.15) is 0 Å². The summed E-state index contributed by atoms with van der Waals surface area (Å²) < 4.78 is 16.9. The molecule has 0 saturated carbocycles. The summed E-state index contributed by atoms with van der Waals surface area (Å²) in [6.45, 7) is 0.0810. The molecule has 1 aliphatic rings. The van der Waals surface area contributed by atoms with Gasteiger partial charge in [0.25, 0.3) is 5.91 Å². The van der Waals surface area contributed by atoms with E-state index in [0.29, 0.717) is 32.8 Å². The summed E-state index contributed by atoms with van der Waals surface area (Å²) in [6.07, 6.45) is 7.03. The second-order valence-electron chi connectivity index (χ2n) is 5.70. The molecule has 0 bridgehead atoms. The lowest BCUT2D eigenvalue weighted by Crippen LogP contribution is -2.19. The first-order valence-corrected chi connectivity index (χ1v) is 10.0. The first-order chi connectivity index (χ1) is 14.0. The van der Waals surface area contributed by atoms with E-state index in [-0.39, 0.29) is 12.5 Å². The number of halogens is 1. The minimum absolute atomic E-state index is 0.0810. The molecule has 148 valence electrons. The number of methoxy groups -OCH3 is 2. The van der Waals surface area contributed by atoms with Gasteiger partial charge < -0.3 is 19.5 Å². The number of carbonyl (C=O) groups is 1. The molecule has 0 spiro atoms. The second kappa shape index (κ2) is 9.54. The summed E-state index contributed by atoms with van der Waals surface area (Å²) in [4.78, 5) is 17.4.